The third kappa shape index (κ3) is 6.11. The lowest BCUT2D eigenvalue weighted by molar-refractivity contribution is 0.111. The Kier molecular flexibility index (Phi) is 6.46. The van der Waals surface area contributed by atoms with E-state index in [0.717, 1.165) is 31.3 Å². The first-order chi connectivity index (χ1) is 7.68. The van der Waals surface area contributed by atoms with Crippen molar-refractivity contribution in [2.24, 2.45) is 5.92 Å². The second kappa shape index (κ2) is 7.66. The molecule has 0 saturated heterocycles. The molecule has 0 radical (unpaired) electrons. The van der Waals surface area contributed by atoms with E-state index in [-0.39, 0.29) is 0 Å². The fraction of sp³-hybridized carbons (Fsp3) is 0.538. The monoisotopic (exact) mass is 241 g/mol. The van der Waals surface area contributed by atoms with E-state index in [0.29, 0.717) is 5.92 Å². The van der Waals surface area contributed by atoms with Crippen LogP contribution in [0.3, 0.4) is 0 Å². The molecule has 1 aromatic carbocycles. The first kappa shape index (κ1) is 13.5. The number of benzene rings is 1. The smallest absolute Gasteiger partial charge is 0.0591 e. The Bertz CT molecular complexity index is 284. The lowest BCUT2D eigenvalue weighted by Crippen LogP contribution is -2.20. The van der Waals surface area contributed by atoms with Gasteiger partial charge in [0.1, 0.15) is 0 Å². The van der Waals surface area contributed by atoms with Crippen molar-refractivity contribution in [3.05, 3.63) is 34.9 Å². The van der Waals surface area contributed by atoms with Gasteiger partial charge in [-0.05, 0) is 23.6 Å². The van der Waals surface area contributed by atoms with Crippen LogP contribution in [-0.4, -0.2) is 19.8 Å². The maximum Gasteiger partial charge on any atom is 0.0591 e. The van der Waals surface area contributed by atoms with Gasteiger partial charge >= 0.3 is 0 Å². The summed E-state index contributed by atoms with van der Waals surface area (Å²) in [7, 11) is 0. The van der Waals surface area contributed by atoms with E-state index < -0.39 is 0 Å². The Morgan fingerprint density at radius 1 is 1.25 bits per heavy atom. The molecule has 0 atom stereocenters. The van der Waals surface area contributed by atoms with Crippen LogP contribution in [0.5, 0.6) is 0 Å². The average Bonchev–Trinajstić information content (AvgIpc) is 2.25. The van der Waals surface area contributed by atoms with E-state index in [4.69, 9.17) is 16.3 Å². The van der Waals surface area contributed by atoms with Crippen molar-refractivity contribution < 1.29 is 4.74 Å². The summed E-state index contributed by atoms with van der Waals surface area (Å²) in [5, 5.41) is 4.11. The van der Waals surface area contributed by atoms with Gasteiger partial charge in [-0.3, -0.25) is 0 Å². The molecule has 1 N–H and O–H groups in total. The first-order valence-electron chi connectivity index (χ1n) is 5.71. The molecule has 0 amide bonds. The normalized spacial score (nSPS) is 11.0. The molecule has 0 aliphatic carbocycles. The van der Waals surface area contributed by atoms with E-state index in [1.165, 1.54) is 5.56 Å². The number of ether oxygens (including phenoxy) is 1. The summed E-state index contributed by atoms with van der Waals surface area (Å²) >= 11 is 5.80. The second-order valence-corrected chi connectivity index (χ2v) is 4.71. The predicted molar refractivity (Wildman–Crippen MR) is 68.8 cm³/mol. The van der Waals surface area contributed by atoms with Crippen LogP contribution in [0.2, 0.25) is 5.02 Å². The summed E-state index contributed by atoms with van der Waals surface area (Å²) in [5.41, 5.74) is 1.24. The fourth-order valence-corrected chi connectivity index (χ4v) is 1.42. The third-order valence-corrected chi connectivity index (χ3v) is 2.37. The SMILES string of the molecule is CC(C)COCCNCc1ccc(Cl)cc1. The van der Waals surface area contributed by atoms with Gasteiger partial charge in [0.05, 0.1) is 6.61 Å². The lowest BCUT2D eigenvalue weighted by atomic mass is 10.2. The van der Waals surface area contributed by atoms with Crippen molar-refractivity contribution in [1.82, 2.24) is 5.32 Å². The van der Waals surface area contributed by atoms with Gasteiger partial charge in [-0.25, -0.2) is 0 Å². The quantitative estimate of drug-likeness (QED) is 0.741. The lowest BCUT2D eigenvalue weighted by Gasteiger charge is -2.08. The minimum atomic E-state index is 0.608. The molecular weight excluding hydrogens is 222 g/mol. The summed E-state index contributed by atoms with van der Waals surface area (Å²) in [5.74, 6) is 0.608. The van der Waals surface area contributed by atoms with Crippen LogP contribution < -0.4 is 5.32 Å². The van der Waals surface area contributed by atoms with Gasteiger partial charge < -0.3 is 10.1 Å². The molecule has 0 spiro atoms. The Labute approximate surface area is 103 Å². The average molecular weight is 242 g/mol. The molecule has 90 valence electrons. The van der Waals surface area contributed by atoms with Gasteiger partial charge in [0, 0.05) is 24.7 Å². The van der Waals surface area contributed by atoms with Crippen molar-refractivity contribution in [2.75, 3.05) is 19.8 Å². The number of hydrogen-bond acceptors (Lipinski definition) is 2. The molecular formula is C13H20ClNO. The highest BCUT2D eigenvalue weighted by atomic mass is 35.5. The van der Waals surface area contributed by atoms with Crippen molar-refractivity contribution in [3.63, 3.8) is 0 Å². The van der Waals surface area contributed by atoms with Gasteiger partial charge in [-0.2, -0.15) is 0 Å². The molecule has 0 aliphatic heterocycles. The van der Waals surface area contributed by atoms with E-state index in [9.17, 15) is 0 Å². The summed E-state index contributed by atoms with van der Waals surface area (Å²) in [4.78, 5) is 0. The third-order valence-electron chi connectivity index (χ3n) is 2.12. The number of rotatable bonds is 7. The van der Waals surface area contributed by atoms with Gasteiger partial charge in [-0.15, -0.1) is 0 Å². The summed E-state index contributed by atoms with van der Waals surface area (Å²) in [6.07, 6.45) is 0. The van der Waals surface area contributed by atoms with Crippen LogP contribution in [-0.2, 0) is 11.3 Å². The van der Waals surface area contributed by atoms with E-state index >= 15 is 0 Å². The van der Waals surface area contributed by atoms with Gasteiger partial charge in [0.15, 0.2) is 0 Å². The largest absolute Gasteiger partial charge is 0.380 e. The molecule has 0 bridgehead atoms. The van der Waals surface area contributed by atoms with Crippen LogP contribution in [0.1, 0.15) is 19.4 Å². The maximum absolute atomic E-state index is 5.80. The fourth-order valence-electron chi connectivity index (χ4n) is 1.30. The first-order valence-corrected chi connectivity index (χ1v) is 6.09. The zero-order chi connectivity index (χ0) is 11.8. The highest BCUT2D eigenvalue weighted by molar-refractivity contribution is 6.30. The van der Waals surface area contributed by atoms with Crippen LogP contribution in [0, 0.1) is 5.92 Å². The van der Waals surface area contributed by atoms with Crippen LogP contribution >= 0.6 is 11.6 Å². The van der Waals surface area contributed by atoms with Gasteiger partial charge in [-0.1, -0.05) is 37.6 Å². The minimum Gasteiger partial charge on any atom is -0.380 e. The zero-order valence-electron chi connectivity index (χ0n) is 10.0. The molecule has 1 aromatic rings. The molecule has 0 heterocycles. The van der Waals surface area contributed by atoms with Gasteiger partial charge in [0.25, 0.3) is 0 Å². The molecule has 0 unspecified atom stereocenters. The zero-order valence-corrected chi connectivity index (χ0v) is 10.8. The van der Waals surface area contributed by atoms with Crippen molar-refractivity contribution in [2.45, 2.75) is 20.4 Å². The number of halogens is 1. The van der Waals surface area contributed by atoms with Gasteiger partial charge in [0.2, 0.25) is 0 Å². The Hall–Kier alpha value is -0.570. The Morgan fingerprint density at radius 3 is 2.56 bits per heavy atom. The molecule has 1 rings (SSSR count). The number of nitrogens with one attached hydrogen (secondary N) is 1. The molecule has 16 heavy (non-hydrogen) atoms. The molecule has 0 fully saturated rings. The Morgan fingerprint density at radius 2 is 1.94 bits per heavy atom. The standard InChI is InChI=1S/C13H20ClNO/c1-11(2)10-16-8-7-15-9-12-3-5-13(14)6-4-12/h3-6,11,15H,7-10H2,1-2H3. The summed E-state index contributed by atoms with van der Waals surface area (Å²) < 4.78 is 5.47. The summed E-state index contributed by atoms with van der Waals surface area (Å²) in [6, 6.07) is 7.89. The van der Waals surface area contributed by atoms with Crippen molar-refractivity contribution in [3.8, 4) is 0 Å². The second-order valence-electron chi connectivity index (χ2n) is 4.27. The van der Waals surface area contributed by atoms with Crippen molar-refractivity contribution in [1.29, 1.82) is 0 Å². The molecule has 2 nitrogen and oxygen atoms in total. The minimum absolute atomic E-state index is 0.608. The highest BCUT2D eigenvalue weighted by Crippen LogP contribution is 2.08. The maximum atomic E-state index is 5.80. The molecule has 0 aromatic heterocycles. The number of hydrogen-bond donors (Lipinski definition) is 1. The molecule has 0 aliphatic rings. The van der Waals surface area contributed by atoms with Crippen LogP contribution in [0.15, 0.2) is 24.3 Å². The summed E-state index contributed by atoms with van der Waals surface area (Å²) in [6.45, 7) is 7.66. The Balaban J connectivity index is 2.05. The molecule has 3 heteroatoms. The van der Waals surface area contributed by atoms with Crippen LogP contribution in [0.4, 0.5) is 0 Å². The van der Waals surface area contributed by atoms with Crippen LogP contribution in [0.25, 0.3) is 0 Å². The van der Waals surface area contributed by atoms with E-state index in [1.807, 2.05) is 24.3 Å². The highest BCUT2D eigenvalue weighted by Gasteiger charge is 1.95. The predicted octanol–water partition coefficient (Wildman–Crippen LogP) is 3.10. The van der Waals surface area contributed by atoms with E-state index in [1.54, 1.807) is 0 Å². The van der Waals surface area contributed by atoms with Crippen molar-refractivity contribution >= 4 is 11.6 Å². The van der Waals surface area contributed by atoms with E-state index in [2.05, 4.69) is 19.2 Å². The topological polar surface area (TPSA) is 21.3 Å². The molecule has 0 saturated carbocycles.